The summed E-state index contributed by atoms with van der Waals surface area (Å²) in [6, 6.07) is 0. The van der Waals surface area contributed by atoms with Gasteiger partial charge in [-0.05, 0) is 33.0 Å². The lowest BCUT2D eigenvalue weighted by Gasteiger charge is -2.18. The zero-order valence-electron chi connectivity index (χ0n) is 10.9. The van der Waals surface area contributed by atoms with Gasteiger partial charge in [0.25, 0.3) is 0 Å². The van der Waals surface area contributed by atoms with Gasteiger partial charge in [-0.25, -0.2) is 0 Å². The predicted molar refractivity (Wildman–Crippen MR) is 71.0 cm³/mol. The normalized spacial score (nSPS) is 20.4. The highest BCUT2D eigenvalue weighted by molar-refractivity contribution is 8.13. The van der Waals surface area contributed by atoms with E-state index in [4.69, 9.17) is 0 Å². The highest BCUT2D eigenvalue weighted by Crippen LogP contribution is 2.22. The second kappa shape index (κ2) is 7.01. The van der Waals surface area contributed by atoms with E-state index in [2.05, 4.69) is 4.90 Å². The third-order valence-corrected chi connectivity index (χ3v) is 3.89. The molecule has 1 heterocycles. The van der Waals surface area contributed by atoms with Gasteiger partial charge < -0.3 is 9.80 Å². The van der Waals surface area contributed by atoms with Gasteiger partial charge >= 0.3 is 0 Å². The highest BCUT2D eigenvalue weighted by atomic mass is 32.2. The van der Waals surface area contributed by atoms with Crippen LogP contribution < -0.4 is 0 Å². The Labute approximate surface area is 108 Å². The zero-order chi connectivity index (χ0) is 12.8. The molecule has 1 aliphatic rings. The summed E-state index contributed by atoms with van der Waals surface area (Å²) in [5, 5.41) is 0.142. The van der Waals surface area contributed by atoms with E-state index in [1.807, 2.05) is 19.0 Å². The maximum atomic E-state index is 11.7. The Kier molecular flexibility index (Phi) is 5.98. The second-order valence-corrected chi connectivity index (χ2v) is 6.07. The van der Waals surface area contributed by atoms with Gasteiger partial charge in [0.2, 0.25) is 5.91 Å². The molecule has 1 aliphatic heterocycles. The molecule has 0 spiro atoms. The van der Waals surface area contributed by atoms with Crippen molar-refractivity contribution in [2.75, 3.05) is 39.5 Å². The van der Waals surface area contributed by atoms with Crippen LogP contribution in [0.3, 0.4) is 0 Å². The molecule has 17 heavy (non-hydrogen) atoms. The molecule has 0 aromatic rings. The van der Waals surface area contributed by atoms with Crippen LogP contribution in [-0.2, 0) is 9.59 Å². The molecule has 98 valence electrons. The summed E-state index contributed by atoms with van der Waals surface area (Å²) in [6.07, 6.45) is 1.63. The number of thioether (sulfide) groups is 1. The average molecular weight is 258 g/mol. The predicted octanol–water partition coefficient (Wildman–Crippen LogP) is 1.07. The van der Waals surface area contributed by atoms with E-state index in [-0.39, 0.29) is 11.0 Å². The molecule has 1 amide bonds. The molecular weight excluding hydrogens is 236 g/mol. The smallest absolute Gasteiger partial charge is 0.222 e. The molecule has 0 radical (unpaired) electrons. The van der Waals surface area contributed by atoms with Crippen molar-refractivity contribution < 1.29 is 9.59 Å². The number of amides is 1. The van der Waals surface area contributed by atoms with Crippen LogP contribution in [-0.4, -0.2) is 60.3 Å². The van der Waals surface area contributed by atoms with Gasteiger partial charge in [0.05, 0.1) is 0 Å². The quantitative estimate of drug-likeness (QED) is 0.714. The summed E-state index contributed by atoms with van der Waals surface area (Å²) in [6.45, 7) is 4.26. The highest BCUT2D eigenvalue weighted by Gasteiger charge is 2.29. The van der Waals surface area contributed by atoms with Crippen LogP contribution in [0.1, 0.15) is 19.8 Å². The molecule has 1 unspecified atom stereocenters. The fourth-order valence-corrected chi connectivity index (χ4v) is 2.69. The topological polar surface area (TPSA) is 40.6 Å². The van der Waals surface area contributed by atoms with E-state index in [0.29, 0.717) is 12.3 Å². The van der Waals surface area contributed by atoms with Crippen LogP contribution in [0.5, 0.6) is 0 Å². The molecule has 0 saturated carbocycles. The van der Waals surface area contributed by atoms with Gasteiger partial charge in [-0.1, -0.05) is 11.8 Å². The molecule has 0 aromatic carbocycles. The Balaban J connectivity index is 2.24. The molecule has 1 fully saturated rings. The Bertz CT molecular complexity index is 282. The van der Waals surface area contributed by atoms with E-state index in [1.54, 1.807) is 6.92 Å². The molecule has 1 saturated heterocycles. The van der Waals surface area contributed by atoms with E-state index >= 15 is 0 Å². The Morgan fingerprint density at radius 1 is 1.53 bits per heavy atom. The van der Waals surface area contributed by atoms with Gasteiger partial charge in [-0.15, -0.1) is 0 Å². The number of rotatable bonds is 6. The molecule has 5 heteroatoms. The van der Waals surface area contributed by atoms with Crippen LogP contribution in [0, 0.1) is 5.92 Å². The van der Waals surface area contributed by atoms with E-state index < -0.39 is 0 Å². The van der Waals surface area contributed by atoms with Gasteiger partial charge in [0.1, 0.15) is 0 Å². The zero-order valence-corrected chi connectivity index (χ0v) is 11.8. The Hall–Kier alpha value is -0.550. The van der Waals surface area contributed by atoms with Crippen molar-refractivity contribution in [3.05, 3.63) is 0 Å². The Morgan fingerprint density at radius 2 is 2.24 bits per heavy atom. The number of hydrogen-bond acceptors (Lipinski definition) is 4. The number of hydrogen-bond donors (Lipinski definition) is 0. The third-order valence-electron chi connectivity index (χ3n) is 2.85. The van der Waals surface area contributed by atoms with Gasteiger partial charge in [0, 0.05) is 32.2 Å². The van der Waals surface area contributed by atoms with Crippen molar-refractivity contribution in [3.8, 4) is 0 Å². The first-order valence-corrected chi connectivity index (χ1v) is 7.03. The average Bonchev–Trinajstić information content (AvgIpc) is 2.56. The minimum Gasteiger partial charge on any atom is -0.342 e. The van der Waals surface area contributed by atoms with Crippen LogP contribution in [0.25, 0.3) is 0 Å². The largest absolute Gasteiger partial charge is 0.342 e. The van der Waals surface area contributed by atoms with E-state index in [9.17, 15) is 9.59 Å². The molecule has 0 aromatic heterocycles. The van der Waals surface area contributed by atoms with Crippen molar-refractivity contribution in [1.29, 1.82) is 0 Å². The molecule has 0 bridgehead atoms. The summed E-state index contributed by atoms with van der Waals surface area (Å²) in [7, 11) is 4.08. The first kappa shape index (κ1) is 14.5. The van der Waals surface area contributed by atoms with Crippen molar-refractivity contribution >= 4 is 22.8 Å². The van der Waals surface area contributed by atoms with Gasteiger partial charge in [-0.2, -0.15) is 0 Å². The summed E-state index contributed by atoms with van der Waals surface area (Å²) in [5.74, 6) is 1.39. The maximum Gasteiger partial charge on any atom is 0.222 e. The molecular formula is C12H22N2O2S. The van der Waals surface area contributed by atoms with Crippen molar-refractivity contribution in [3.63, 3.8) is 0 Å². The SMILES string of the molecule is CC(=O)SCC1CC(=O)N(CCCN(C)C)C1. The lowest BCUT2D eigenvalue weighted by atomic mass is 10.1. The van der Waals surface area contributed by atoms with Crippen LogP contribution in [0.15, 0.2) is 0 Å². The van der Waals surface area contributed by atoms with Crippen LogP contribution in [0.4, 0.5) is 0 Å². The monoisotopic (exact) mass is 258 g/mol. The summed E-state index contributed by atoms with van der Waals surface area (Å²) >= 11 is 1.34. The standard InChI is InChI=1S/C12H22N2O2S/c1-10(15)17-9-11-7-12(16)14(8-11)6-4-5-13(2)3/h11H,4-9H2,1-3H3. The maximum absolute atomic E-state index is 11.7. The third kappa shape index (κ3) is 5.55. The summed E-state index contributed by atoms with van der Waals surface area (Å²) < 4.78 is 0. The van der Waals surface area contributed by atoms with Crippen molar-refractivity contribution in [2.24, 2.45) is 5.92 Å². The molecule has 1 atom stereocenters. The van der Waals surface area contributed by atoms with Gasteiger partial charge in [0.15, 0.2) is 5.12 Å². The first-order valence-electron chi connectivity index (χ1n) is 6.05. The van der Waals surface area contributed by atoms with Gasteiger partial charge in [-0.3, -0.25) is 9.59 Å². The number of carbonyl (C=O) groups is 2. The second-order valence-electron chi connectivity index (χ2n) is 4.87. The fourth-order valence-electron chi connectivity index (χ4n) is 1.99. The minimum atomic E-state index is 0.142. The first-order chi connectivity index (χ1) is 7.99. The summed E-state index contributed by atoms with van der Waals surface area (Å²) in [5.41, 5.74) is 0. The molecule has 0 N–H and O–H groups in total. The molecule has 0 aliphatic carbocycles. The van der Waals surface area contributed by atoms with Crippen LogP contribution >= 0.6 is 11.8 Å². The molecule has 1 rings (SSSR count). The van der Waals surface area contributed by atoms with Crippen molar-refractivity contribution in [1.82, 2.24) is 9.80 Å². The lowest BCUT2D eigenvalue weighted by molar-refractivity contribution is -0.127. The lowest BCUT2D eigenvalue weighted by Crippen LogP contribution is -2.28. The number of nitrogens with zero attached hydrogens (tertiary/aromatic N) is 2. The number of likely N-dealkylation sites (tertiary alicyclic amines) is 1. The summed E-state index contributed by atoms with van der Waals surface area (Å²) in [4.78, 5) is 26.7. The minimum absolute atomic E-state index is 0.142. The van der Waals surface area contributed by atoms with Crippen LogP contribution in [0.2, 0.25) is 0 Å². The van der Waals surface area contributed by atoms with Crippen molar-refractivity contribution in [2.45, 2.75) is 19.8 Å². The number of carbonyl (C=O) groups excluding carboxylic acids is 2. The Morgan fingerprint density at radius 3 is 2.82 bits per heavy atom. The van der Waals surface area contributed by atoms with E-state index in [1.165, 1.54) is 11.8 Å². The fraction of sp³-hybridized carbons (Fsp3) is 0.833. The van der Waals surface area contributed by atoms with E-state index in [0.717, 1.165) is 31.8 Å². The molecule has 4 nitrogen and oxygen atoms in total.